The Hall–Kier alpha value is -0.460. The lowest BCUT2D eigenvalue weighted by Gasteiger charge is -2.59. The van der Waals surface area contributed by atoms with Crippen LogP contribution in [-0.2, 0) is 9.78 Å². The van der Waals surface area contributed by atoms with Gasteiger partial charge < -0.3 is 15.3 Å². The third-order valence-corrected chi connectivity index (χ3v) is 11.2. The molecule has 5 heteroatoms. The minimum absolute atomic E-state index is 0.0697. The molecule has 9 atom stereocenters. The average molecular weight is 461 g/mol. The number of aliphatic hydroxyl groups excluding tert-OH is 1. The van der Waals surface area contributed by atoms with Gasteiger partial charge in [-0.25, -0.2) is 9.78 Å². The fourth-order valence-electron chi connectivity index (χ4n) is 10.2. The van der Waals surface area contributed by atoms with Crippen LogP contribution in [-0.4, -0.2) is 45.3 Å². The molecule has 1 saturated heterocycles. The fourth-order valence-corrected chi connectivity index (χ4v) is 10.2. The molecule has 0 radical (unpaired) electrons. The van der Waals surface area contributed by atoms with Gasteiger partial charge in [0.25, 0.3) is 0 Å². The van der Waals surface area contributed by atoms with Crippen LogP contribution in [0.25, 0.3) is 0 Å². The van der Waals surface area contributed by atoms with Crippen molar-refractivity contribution in [1.82, 2.24) is 0 Å². The molecule has 1 heterocycles. The first-order valence-electron chi connectivity index (χ1n) is 13.6. The summed E-state index contributed by atoms with van der Waals surface area (Å²) in [4.78, 5) is 11.6. The molecule has 3 N–H and O–H groups in total. The molecule has 0 aromatic heterocycles. The first-order valence-corrected chi connectivity index (χ1v) is 13.6. The van der Waals surface area contributed by atoms with E-state index in [4.69, 9.17) is 9.78 Å². The zero-order valence-electron chi connectivity index (χ0n) is 21.0. The standard InChI is InChI=1S/C28H44O5/c1-17-13-25(4)23(19-12-21(19)28(25,31)8-5-11-29)18-6-10-27(30)15-26(9-7-20(27)22(17)18)14-24(2,3)16-32-33-26/h17-19,21,23,29-31H,5-16H2,1-4H3/t17-,18+,19+,21-,23+,25-,26?,27+,28-/m0/s1. The van der Waals surface area contributed by atoms with Crippen LogP contribution in [0.3, 0.4) is 0 Å². The molecule has 1 unspecified atom stereocenters. The minimum atomic E-state index is -0.780. The van der Waals surface area contributed by atoms with E-state index >= 15 is 0 Å². The topological polar surface area (TPSA) is 79.2 Å². The van der Waals surface area contributed by atoms with Gasteiger partial charge in [-0.05, 0) is 98.4 Å². The molecule has 33 heavy (non-hydrogen) atoms. The van der Waals surface area contributed by atoms with Crippen molar-refractivity contribution in [2.24, 2.45) is 40.4 Å². The summed E-state index contributed by atoms with van der Waals surface area (Å²) in [6, 6.07) is 0. The zero-order chi connectivity index (χ0) is 23.4. The summed E-state index contributed by atoms with van der Waals surface area (Å²) in [7, 11) is 0. The molecule has 4 saturated carbocycles. The van der Waals surface area contributed by atoms with E-state index in [9.17, 15) is 15.3 Å². The summed E-state index contributed by atoms with van der Waals surface area (Å²) in [6.45, 7) is 9.94. The highest BCUT2D eigenvalue weighted by molar-refractivity contribution is 5.39. The Morgan fingerprint density at radius 2 is 1.88 bits per heavy atom. The molecule has 1 aliphatic heterocycles. The number of rotatable bonds is 3. The second kappa shape index (κ2) is 7.06. The zero-order valence-corrected chi connectivity index (χ0v) is 21.0. The molecule has 6 rings (SSSR count). The Kier molecular flexibility index (Phi) is 4.92. The molecule has 5 nitrogen and oxygen atoms in total. The van der Waals surface area contributed by atoms with Crippen LogP contribution in [0.5, 0.6) is 0 Å². The molecule has 1 spiro atoms. The van der Waals surface area contributed by atoms with E-state index in [1.165, 1.54) is 11.1 Å². The summed E-state index contributed by atoms with van der Waals surface area (Å²) in [5.74, 6) is 2.40. The molecule has 0 bridgehead atoms. The lowest BCUT2D eigenvalue weighted by molar-refractivity contribution is -0.414. The van der Waals surface area contributed by atoms with E-state index in [0.717, 1.165) is 51.4 Å². The summed E-state index contributed by atoms with van der Waals surface area (Å²) < 4.78 is 0. The first-order chi connectivity index (χ1) is 15.5. The van der Waals surface area contributed by atoms with Gasteiger partial charge in [0.2, 0.25) is 0 Å². The van der Waals surface area contributed by atoms with Crippen molar-refractivity contribution in [1.29, 1.82) is 0 Å². The molecular formula is C28H44O5. The molecule has 0 aromatic carbocycles. The second-order valence-corrected chi connectivity index (χ2v) is 14.0. The van der Waals surface area contributed by atoms with Gasteiger partial charge in [-0.2, -0.15) is 0 Å². The molecule has 0 aromatic rings. The van der Waals surface area contributed by atoms with Gasteiger partial charge in [0.1, 0.15) is 5.60 Å². The van der Waals surface area contributed by atoms with Crippen molar-refractivity contribution in [2.75, 3.05) is 13.2 Å². The fraction of sp³-hybridized carbons (Fsp3) is 0.929. The van der Waals surface area contributed by atoms with E-state index < -0.39 is 11.2 Å². The van der Waals surface area contributed by atoms with Gasteiger partial charge in [0.05, 0.1) is 17.8 Å². The maximum Gasteiger partial charge on any atom is 0.108 e. The highest BCUT2D eigenvalue weighted by Gasteiger charge is 2.75. The largest absolute Gasteiger partial charge is 0.396 e. The van der Waals surface area contributed by atoms with Crippen molar-refractivity contribution in [3.8, 4) is 0 Å². The van der Waals surface area contributed by atoms with Gasteiger partial charge in [-0.1, -0.05) is 33.3 Å². The number of hydrogen-bond donors (Lipinski definition) is 3. The van der Waals surface area contributed by atoms with Crippen LogP contribution in [0.2, 0.25) is 0 Å². The number of fused-ring (bicyclic) bond motifs is 6. The predicted octanol–water partition coefficient (Wildman–Crippen LogP) is 4.54. The summed E-state index contributed by atoms with van der Waals surface area (Å²) >= 11 is 0. The maximum atomic E-state index is 12.1. The highest BCUT2D eigenvalue weighted by Crippen LogP contribution is 2.77. The quantitative estimate of drug-likeness (QED) is 0.426. The summed E-state index contributed by atoms with van der Waals surface area (Å²) in [5.41, 5.74) is 1.04. The van der Waals surface area contributed by atoms with Crippen molar-refractivity contribution >= 4 is 0 Å². The smallest absolute Gasteiger partial charge is 0.108 e. The van der Waals surface area contributed by atoms with Gasteiger partial charge in [-0.3, -0.25) is 0 Å². The van der Waals surface area contributed by atoms with Gasteiger partial charge in [-0.15, -0.1) is 0 Å². The average Bonchev–Trinajstić information content (AvgIpc) is 3.47. The van der Waals surface area contributed by atoms with Crippen LogP contribution < -0.4 is 0 Å². The Balaban J connectivity index is 1.34. The number of hydrogen-bond acceptors (Lipinski definition) is 5. The third kappa shape index (κ3) is 3.08. The van der Waals surface area contributed by atoms with E-state index in [1.54, 1.807) is 0 Å². The normalized spacial score (nSPS) is 54.5. The third-order valence-electron chi connectivity index (χ3n) is 11.2. The Bertz CT molecular complexity index is 866. The molecule has 6 aliphatic rings. The Morgan fingerprint density at radius 1 is 1.09 bits per heavy atom. The van der Waals surface area contributed by atoms with Crippen molar-refractivity contribution < 1.29 is 25.1 Å². The van der Waals surface area contributed by atoms with Crippen LogP contribution in [0.4, 0.5) is 0 Å². The lowest BCUT2D eigenvalue weighted by Crippen LogP contribution is -2.58. The predicted molar refractivity (Wildman–Crippen MR) is 125 cm³/mol. The molecule has 0 amide bonds. The van der Waals surface area contributed by atoms with Crippen LogP contribution in [0.1, 0.15) is 91.9 Å². The van der Waals surface area contributed by atoms with Crippen LogP contribution in [0.15, 0.2) is 11.1 Å². The lowest BCUT2D eigenvalue weighted by atomic mass is 9.48. The molecular weight excluding hydrogens is 416 g/mol. The number of allylic oxidation sites excluding steroid dienone is 1. The molecule has 5 aliphatic carbocycles. The van der Waals surface area contributed by atoms with Gasteiger partial charge in [0, 0.05) is 18.4 Å². The molecule has 186 valence electrons. The van der Waals surface area contributed by atoms with Crippen LogP contribution >= 0.6 is 0 Å². The Labute approximate surface area is 198 Å². The van der Waals surface area contributed by atoms with E-state index in [0.29, 0.717) is 49.0 Å². The maximum absolute atomic E-state index is 12.1. The highest BCUT2D eigenvalue weighted by atomic mass is 17.2. The van der Waals surface area contributed by atoms with Crippen molar-refractivity contribution in [3.05, 3.63) is 11.1 Å². The van der Waals surface area contributed by atoms with Crippen molar-refractivity contribution in [2.45, 2.75) is 109 Å². The monoisotopic (exact) mass is 460 g/mol. The second-order valence-electron chi connectivity index (χ2n) is 14.0. The number of aliphatic hydroxyl groups is 3. The Morgan fingerprint density at radius 3 is 2.61 bits per heavy atom. The summed E-state index contributed by atoms with van der Waals surface area (Å²) in [5, 5.41) is 33.5. The van der Waals surface area contributed by atoms with E-state index in [1.807, 2.05) is 0 Å². The van der Waals surface area contributed by atoms with Gasteiger partial charge in [0.15, 0.2) is 0 Å². The first kappa shape index (κ1) is 23.0. The van der Waals surface area contributed by atoms with E-state index in [2.05, 4.69) is 27.7 Å². The van der Waals surface area contributed by atoms with Gasteiger partial charge >= 0.3 is 0 Å². The molecule has 5 fully saturated rings. The van der Waals surface area contributed by atoms with Crippen LogP contribution in [0, 0.1) is 40.4 Å². The SMILES string of the molecule is C[C@H]1C[C@@]2(C)[C@@H]([C@@H]3C[C@@H]3[C@@]2(O)CCCO)[C@@H]2CC[C@@]3(O)CC4(CCC3=C21)CC(C)(C)COO4. The van der Waals surface area contributed by atoms with Crippen molar-refractivity contribution in [3.63, 3.8) is 0 Å². The van der Waals surface area contributed by atoms with E-state index in [-0.39, 0.29) is 23.0 Å². The summed E-state index contributed by atoms with van der Waals surface area (Å²) in [6.07, 6.45) is 8.77. The minimum Gasteiger partial charge on any atom is -0.396 e.